The lowest BCUT2D eigenvalue weighted by Crippen LogP contribution is -2.51. The van der Waals surface area contributed by atoms with Crippen molar-refractivity contribution < 1.29 is 9.59 Å². The average molecular weight is 369 g/mol. The summed E-state index contributed by atoms with van der Waals surface area (Å²) in [7, 11) is 0. The van der Waals surface area contributed by atoms with Gasteiger partial charge in [-0.25, -0.2) is 0 Å². The lowest BCUT2D eigenvalue weighted by atomic mass is 10.1. The first kappa shape index (κ1) is 17.2. The number of thiophene rings is 1. The van der Waals surface area contributed by atoms with Crippen molar-refractivity contribution in [3.8, 4) is 0 Å². The molecule has 136 valence electrons. The van der Waals surface area contributed by atoms with Gasteiger partial charge in [0.25, 0.3) is 5.91 Å². The molecule has 1 saturated heterocycles. The predicted molar refractivity (Wildman–Crippen MR) is 102 cm³/mol. The van der Waals surface area contributed by atoms with Gasteiger partial charge in [0, 0.05) is 49.7 Å². The molecule has 3 heterocycles. The second kappa shape index (κ2) is 7.60. The van der Waals surface area contributed by atoms with Crippen LogP contribution in [0.3, 0.4) is 0 Å². The number of hydrogen-bond acceptors (Lipinski definition) is 4. The quantitative estimate of drug-likeness (QED) is 0.832. The van der Waals surface area contributed by atoms with Crippen molar-refractivity contribution in [3.05, 3.63) is 57.8 Å². The third-order valence-electron chi connectivity index (χ3n) is 5.20. The molecule has 2 aliphatic heterocycles. The predicted octanol–water partition coefficient (Wildman–Crippen LogP) is 2.09. The SMILES string of the molecule is O=C(CN1CCN(C(=O)c2ccccc2)CC1)N1CCc2sccc2C1. The molecule has 5 nitrogen and oxygen atoms in total. The Morgan fingerprint density at radius 2 is 1.69 bits per heavy atom. The molecule has 1 aromatic carbocycles. The normalized spacial score (nSPS) is 17.8. The highest BCUT2D eigenvalue weighted by Gasteiger charge is 2.26. The molecule has 2 amide bonds. The van der Waals surface area contributed by atoms with E-state index in [1.165, 1.54) is 10.4 Å². The van der Waals surface area contributed by atoms with Gasteiger partial charge in [0.1, 0.15) is 0 Å². The van der Waals surface area contributed by atoms with Gasteiger partial charge in [-0.2, -0.15) is 0 Å². The maximum Gasteiger partial charge on any atom is 0.253 e. The largest absolute Gasteiger partial charge is 0.337 e. The Bertz CT molecular complexity index is 781. The molecule has 0 N–H and O–H groups in total. The molecule has 2 aliphatic rings. The van der Waals surface area contributed by atoms with E-state index < -0.39 is 0 Å². The van der Waals surface area contributed by atoms with E-state index in [4.69, 9.17) is 0 Å². The number of carbonyl (C=O) groups is 2. The van der Waals surface area contributed by atoms with Gasteiger partial charge >= 0.3 is 0 Å². The van der Waals surface area contributed by atoms with Crippen LogP contribution in [0.15, 0.2) is 41.8 Å². The molecule has 4 rings (SSSR count). The minimum Gasteiger partial charge on any atom is -0.337 e. The summed E-state index contributed by atoms with van der Waals surface area (Å²) in [5.74, 6) is 0.280. The van der Waals surface area contributed by atoms with Gasteiger partial charge in [-0.05, 0) is 35.6 Å². The maximum atomic E-state index is 12.6. The number of benzene rings is 1. The minimum atomic E-state index is 0.0811. The highest BCUT2D eigenvalue weighted by molar-refractivity contribution is 7.10. The van der Waals surface area contributed by atoms with Crippen LogP contribution in [-0.2, 0) is 17.8 Å². The van der Waals surface area contributed by atoms with Crippen molar-refractivity contribution in [2.24, 2.45) is 0 Å². The minimum absolute atomic E-state index is 0.0811. The molecule has 0 spiro atoms. The molecule has 2 aromatic rings. The summed E-state index contributed by atoms with van der Waals surface area (Å²) >= 11 is 1.79. The van der Waals surface area contributed by atoms with E-state index in [9.17, 15) is 9.59 Å². The Morgan fingerprint density at radius 1 is 0.923 bits per heavy atom. The van der Waals surface area contributed by atoms with Gasteiger partial charge in [-0.3, -0.25) is 14.5 Å². The summed E-state index contributed by atoms with van der Waals surface area (Å²) in [4.78, 5) is 32.6. The molecule has 0 atom stereocenters. The summed E-state index contributed by atoms with van der Waals surface area (Å²) in [6.45, 7) is 4.87. The Balaban J connectivity index is 1.28. The van der Waals surface area contributed by atoms with Crippen LogP contribution in [0.25, 0.3) is 0 Å². The number of rotatable bonds is 3. The van der Waals surface area contributed by atoms with E-state index in [2.05, 4.69) is 16.3 Å². The van der Waals surface area contributed by atoms with Crippen LogP contribution in [0, 0.1) is 0 Å². The maximum absolute atomic E-state index is 12.6. The van der Waals surface area contributed by atoms with Gasteiger partial charge in [0.2, 0.25) is 5.91 Å². The molecule has 26 heavy (non-hydrogen) atoms. The number of hydrogen-bond donors (Lipinski definition) is 0. The monoisotopic (exact) mass is 369 g/mol. The zero-order valence-corrected chi connectivity index (χ0v) is 15.6. The first-order valence-electron chi connectivity index (χ1n) is 9.10. The van der Waals surface area contributed by atoms with Crippen LogP contribution in [0.4, 0.5) is 0 Å². The van der Waals surface area contributed by atoms with Gasteiger partial charge in [0.05, 0.1) is 6.54 Å². The molecule has 0 aliphatic carbocycles. The summed E-state index contributed by atoms with van der Waals surface area (Å²) in [6.07, 6.45) is 0.970. The van der Waals surface area contributed by atoms with Crippen LogP contribution in [0.1, 0.15) is 20.8 Å². The smallest absolute Gasteiger partial charge is 0.253 e. The van der Waals surface area contributed by atoms with Crippen LogP contribution < -0.4 is 0 Å². The fraction of sp³-hybridized carbons (Fsp3) is 0.400. The highest BCUT2D eigenvalue weighted by atomic mass is 32.1. The lowest BCUT2D eigenvalue weighted by molar-refractivity contribution is -0.133. The molecule has 0 bridgehead atoms. The molecule has 0 radical (unpaired) electrons. The Kier molecular flexibility index (Phi) is 5.04. The number of amides is 2. The summed E-state index contributed by atoms with van der Waals surface area (Å²) in [6, 6.07) is 11.5. The van der Waals surface area contributed by atoms with E-state index in [-0.39, 0.29) is 11.8 Å². The van der Waals surface area contributed by atoms with E-state index in [0.29, 0.717) is 19.6 Å². The molecule has 0 unspecified atom stereocenters. The number of carbonyl (C=O) groups excluding carboxylic acids is 2. The lowest BCUT2D eigenvalue weighted by Gasteiger charge is -2.36. The Labute approximate surface area is 157 Å². The van der Waals surface area contributed by atoms with E-state index in [1.54, 1.807) is 11.3 Å². The summed E-state index contributed by atoms with van der Waals surface area (Å²) in [5, 5.41) is 2.11. The van der Waals surface area contributed by atoms with Crippen LogP contribution in [-0.4, -0.2) is 65.8 Å². The van der Waals surface area contributed by atoms with Gasteiger partial charge < -0.3 is 9.80 Å². The first-order chi connectivity index (χ1) is 12.7. The number of nitrogens with zero attached hydrogens (tertiary/aromatic N) is 3. The molecular formula is C20H23N3O2S. The zero-order valence-electron chi connectivity index (χ0n) is 14.8. The topological polar surface area (TPSA) is 43.9 Å². The van der Waals surface area contributed by atoms with Crippen molar-refractivity contribution in [1.29, 1.82) is 0 Å². The molecule has 6 heteroatoms. The van der Waals surface area contributed by atoms with Crippen molar-refractivity contribution in [2.45, 2.75) is 13.0 Å². The van der Waals surface area contributed by atoms with Crippen molar-refractivity contribution in [2.75, 3.05) is 39.3 Å². The van der Waals surface area contributed by atoms with E-state index >= 15 is 0 Å². The summed E-state index contributed by atoms with van der Waals surface area (Å²) < 4.78 is 0. The second-order valence-corrected chi connectivity index (χ2v) is 7.87. The van der Waals surface area contributed by atoms with Crippen LogP contribution in [0.2, 0.25) is 0 Å². The summed E-state index contributed by atoms with van der Waals surface area (Å²) in [5.41, 5.74) is 2.03. The average Bonchev–Trinajstić information content (AvgIpc) is 3.16. The standard InChI is InChI=1S/C20H23N3O2S/c24-19(23-8-6-18-17(14-23)7-13-26-18)15-21-9-11-22(12-10-21)20(25)16-4-2-1-3-5-16/h1-5,7,13H,6,8-12,14-15H2. The zero-order chi connectivity index (χ0) is 17.9. The molecule has 0 saturated carbocycles. The fourth-order valence-electron chi connectivity index (χ4n) is 3.63. The van der Waals surface area contributed by atoms with Crippen LogP contribution >= 0.6 is 11.3 Å². The van der Waals surface area contributed by atoms with Gasteiger partial charge in [-0.1, -0.05) is 18.2 Å². The third-order valence-corrected chi connectivity index (χ3v) is 6.22. The van der Waals surface area contributed by atoms with Crippen molar-refractivity contribution in [1.82, 2.24) is 14.7 Å². The number of piperazine rings is 1. The Morgan fingerprint density at radius 3 is 2.46 bits per heavy atom. The molecular weight excluding hydrogens is 346 g/mol. The molecule has 1 fully saturated rings. The Hall–Kier alpha value is -2.18. The second-order valence-electron chi connectivity index (χ2n) is 6.87. The van der Waals surface area contributed by atoms with Crippen LogP contribution in [0.5, 0.6) is 0 Å². The highest BCUT2D eigenvalue weighted by Crippen LogP contribution is 2.24. The molecule has 1 aromatic heterocycles. The first-order valence-corrected chi connectivity index (χ1v) is 9.98. The van der Waals surface area contributed by atoms with E-state index in [1.807, 2.05) is 40.1 Å². The van der Waals surface area contributed by atoms with Crippen molar-refractivity contribution in [3.63, 3.8) is 0 Å². The number of fused-ring (bicyclic) bond motifs is 1. The van der Waals surface area contributed by atoms with E-state index in [0.717, 1.165) is 38.2 Å². The third kappa shape index (κ3) is 3.66. The van der Waals surface area contributed by atoms with Gasteiger partial charge in [-0.15, -0.1) is 11.3 Å². The fourth-order valence-corrected chi connectivity index (χ4v) is 4.51. The van der Waals surface area contributed by atoms with Crippen molar-refractivity contribution >= 4 is 23.2 Å². The van der Waals surface area contributed by atoms with Gasteiger partial charge in [0.15, 0.2) is 0 Å².